The summed E-state index contributed by atoms with van der Waals surface area (Å²) >= 11 is 0. The summed E-state index contributed by atoms with van der Waals surface area (Å²) in [7, 11) is 1.51. The molecule has 0 aliphatic rings. The molecule has 0 saturated heterocycles. The van der Waals surface area contributed by atoms with Crippen molar-refractivity contribution in [1.82, 2.24) is 15.1 Å². The van der Waals surface area contributed by atoms with Gasteiger partial charge in [0, 0.05) is 12.5 Å². The number of amides is 2. The Balaban J connectivity index is 1.82. The summed E-state index contributed by atoms with van der Waals surface area (Å²) in [6.07, 6.45) is 0. The van der Waals surface area contributed by atoms with Gasteiger partial charge < -0.3 is 15.4 Å². The van der Waals surface area contributed by atoms with Gasteiger partial charge in [-0.05, 0) is 18.2 Å². The minimum Gasteiger partial charge on any atom is -0.383 e. The van der Waals surface area contributed by atoms with Gasteiger partial charge in [0.1, 0.15) is 17.3 Å². The minimum atomic E-state index is -0.883. The smallest absolute Gasteiger partial charge is 0.319 e. The second kappa shape index (κ2) is 8.57. The Morgan fingerprint density at radius 3 is 2.46 bits per heavy atom. The Kier molecular flexibility index (Phi) is 5.95. The quantitative estimate of drug-likeness (QED) is 0.680. The molecule has 2 amide bonds. The third-order valence-corrected chi connectivity index (χ3v) is 4.07. The Morgan fingerprint density at radius 2 is 1.79 bits per heavy atom. The molecule has 146 valence electrons. The molecule has 1 heterocycles. The lowest BCUT2D eigenvalue weighted by Crippen LogP contribution is -2.32. The number of carbonyl (C=O) groups excluding carboxylic acids is 1. The number of aromatic nitrogens is 2. The molecule has 0 aliphatic heterocycles. The second-order valence-electron chi connectivity index (χ2n) is 5.92. The third kappa shape index (κ3) is 4.15. The van der Waals surface area contributed by atoms with Crippen LogP contribution in [0.4, 0.5) is 19.3 Å². The van der Waals surface area contributed by atoms with Crippen LogP contribution in [0.1, 0.15) is 5.69 Å². The first-order chi connectivity index (χ1) is 13.5. The van der Waals surface area contributed by atoms with E-state index in [-0.39, 0.29) is 18.6 Å². The van der Waals surface area contributed by atoms with Crippen molar-refractivity contribution in [3.63, 3.8) is 0 Å². The monoisotopic (exact) mass is 388 g/mol. The molecule has 0 atom stereocenters. The number of urea groups is 1. The zero-order valence-electron chi connectivity index (χ0n) is 15.0. The summed E-state index contributed by atoms with van der Waals surface area (Å²) in [5.74, 6) is -1.77. The molecule has 2 aromatic carbocycles. The number of para-hydroxylation sites is 1. The maximum Gasteiger partial charge on any atom is 0.319 e. The molecule has 0 aliphatic carbocycles. The number of fused-ring (bicyclic) bond motifs is 1. The lowest BCUT2D eigenvalue weighted by Gasteiger charge is -2.12. The number of anilines is 1. The Bertz CT molecular complexity index is 1050. The highest BCUT2D eigenvalue weighted by atomic mass is 19.1. The van der Waals surface area contributed by atoms with E-state index in [0.717, 1.165) is 12.1 Å². The van der Waals surface area contributed by atoms with E-state index in [2.05, 4.69) is 15.7 Å². The SMILES string of the molecule is COCCn1nc(CNC(=O)Nc2c(F)cccc2F)c2ccccc2c1=O. The number of nitrogens with one attached hydrogen (secondary N) is 2. The van der Waals surface area contributed by atoms with Crippen molar-refractivity contribution in [2.75, 3.05) is 19.0 Å². The number of ether oxygens (including phenoxy) is 1. The predicted molar refractivity (Wildman–Crippen MR) is 100 cm³/mol. The fourth-order valence-electron chi connectivity index (χ4n) is 2.70. The maximum atomic E-state index is 13.7. The zero-order chi connectivity index (χ0) is 20.1. The number of rotatable bonds is 6. The van der Waals surface area contributed by atoms with Crippen LogP contribution in [0.25, 0.3) is 10.8 Å². The molecule has 0 spiro atoms. The van der Waals surface area contributed by atoms with Crippen LogP contribution in [-0.2, 0) is 17.8 Å². The highest BCUT2D eigenvalue weighted by Crippen LogP contribution is 2.18. The number of nitrogens with zero attached hydrogens (tertiary/aromatic N) is 2. The van der Waals surface area contributed by atoms with Crippen LogP contribution < -0.4 is 16.2 Å². The van der Waals surface area contributed by atoms with Gasteiger partial charge in [0.2, 0.25) is 0 Å². The molecule has 0 unspecified atom stereocenters. The summed E-state index contributed by atoms with van der Waals surface area (Å²) in [5, 5.41) is 9.96. The fraction of sp³-hybridized carbons (Fsp3) is 0.211. The maximum absolute atomic E-state index is 13.7. The van der Waals surface area contributed by atoms with Crippen molar-refractivity contribution in [3.8, 4) is 0 Å². The van der Waals surface area contributed by atoms with Crippen LogP contribution in [0.2, 0.25) is 0 Å². The molecule has 3 aromatic rings. The van der Waals surface area contributed by atoms with E-state index in [1.165, 1.54) is 17.9 Å². The van der Waals surface area contributed by atoms with Crippen molar-refractivity contribution >= 4 is 22.5 Å². The normalized spacial score (nSPS) is 10.8. The van der Waals surface area contributed by atoms with Gasteiger partial charge in [0.15, 0.2) is 0 Å². The van der Waals surface area contributed by atoms with Gasteiger partial charge in [-0.3, -0.25) is 4.79 Å². The van der Waals surface area contributed by atoms with Gasteiger partial charge in [-0.2, -0.15) is 5.10 Å². The van der Waals surface area contributed by atoms with E-state index in [0.29, 0.717) is 23.1 Å². The van der Waals surface area contributed by atoms with Gasteiger partial charge >= 0.3 is 6.03 Å². The second-order valence-corrected chi connectivity index (χ2v) is 5.92. The highest BCUT2D eigenvalue weighted by Gasteiger charge is 2.14. The van der Waals surface area contributed by atoms with Crippen LogP contribution in [0.5, 0.6) is 0 Å². The lowest BCUT2D eigenvalue weighted by molar-refractivity contribution is 0.181. The van der Waals surface area contributed by atoms with E-state index in [4.69, 9.17) is 4.74 Å². The summed E-state index contributed by atoms with van der Waals surface area (Å²) < 4.78 is 33.6. The predicted octanol–water partition coefficient (Wildman–Crippen LogP) is 2.64. The van der Waals surface area contributed by atoms with Crippen molar-refractivity contribution < 1.29 is 18.3 Å². The summed E-state index contributed by atoms with van der Waals surface area (Å²) in [4.78, 5) is 24.6. The van der Waals surface area contributed by atoms with E-state index < -0.39 is 23.4 Å². The first kappa shape index (κ1) is 19.4. The first-order valence-corrected chi connectivity index (χ1v) is 8.48. The van der Waals surface area contributed by atoms with E-state index in [1.54, 1.807) is 24.3 Å². The fourth-order valence-corrected chi connectivity index (χ4v) is 2.70. The van der Waals surface area contributed by atoms with Crippen LogP contribution >= 0.6 is 0 Å². The molecule has 0 bridgehead atoms. The molecular weight excluding hydrogens is 370 g/mol. The van der Waals surface area contributed by atoms with Gasteiger partial charge in [-0.1, -0.05) is 24.3 Å². The number of benzene rings is 2. The Morgan fingerprint density at radius 1 is 1.11 bits per heavy atom. The minimum absolute atomic E-state index is 0.0460. The van der Waals surface area contributed by atoms with Crippen LogP contribution in [0.15, 0.2) is 47.3 Å². The molecule has 28 heavy (non-hydrogen) atoms. The summed E-state index contributed by atoms with van der Waals surface area (Å²) in [6.45, 7) is 0.501. The van der Waals surface area contributed by atoms with E-state index >= 15 is 0 Å². The topological polar surface area (TPSA) is 85.2 Å². The van der Waals surface area contributed by atoms with Crippen molar-refractivity contribution in [3.05, 3.63) is 70.1 Å². The highest BCUT2D eigenvalue weighted by molar-refractivity contribution is 5.90. The molecule has 0 radical (unpaired) electrons. The van der Waals surface area contributed by atoms with E-state index in [9.17, 15) is 18.4 Å². The average molecular weight is 388 g/mol. The van der Waals surface area contributed by atoms with Crippen molar-refractivity contribution in [2.45, 2.75) is 13.1 Å². The molecule has 0 saturated carbocycles. The largest absolute Gasteiger partial charge is 0.383 e. The van der Waals surface area contributed by atoms with E-state index in [1.807, 2.05) is 0 Å². The van der Waals surface area contributed by atoms with Gasteiger partial charge in [-0.25, -0.2) is 18.3 Å². The number of hydrogen-bond acceptors (Lipinski definition) is 4. The summed E-state index contributed by atoms with van der Waals surface area (Å²) in [5.41, 5.74) is -0.368. The number of halogens is 2. The zero-order valence-corrected chi connectivity index (χ0v) is 15.0. The standard InChI is InChI=1S/C19H18F2N4O3/c1-28-10-9-25-18(26)13-6-3-2-5-12(13)16(24-25)11-22-19(27)23-17-14(20)7-4-8-15(17)21/h2-8H,9-11H2,1H3,(H2,22,23,27). The first-order valence-electron chi connectivity index (χ1n) is 8.48. The van der Waals surface area contributed by atoms with Gasteiger partial charge in [0.25, 0.3) is 5.56 Å². The summed E-state index contributed by atoms with van der Waals surface area (Å²) in [6, 6.07) is 9.35. The third-order valence-electron chi connectivity index (χ3n) is 4.07. The molecule has 7 nitrogen and oxygen atoms in total. The molecule has 3 rings (SSSR count). The van der Waals surface area contributed by atoms with Crippen LogP contribution in [0.3, 0.4) is 0 Å². The molecule has 9 heteroatoms. The molecule has 0 fully saturated rings. The van der Waals surface area contributed by atoms with Crippen LogP contribution in [0, 0.1) is 11.6 Å². The van der Waals surface area contributed by atoms with Gasteiger partial charge in [0.05, 0.1) is 30.8 Å². The van der Waals surface area contributed by atoms with Crippen LogP contribution in [-0.4, -0.2) is 29.5 Å². The van der Waals surface area contributed by atoms with Crippen molar-refractivity contribution in [2.24, 2.45) is 0 Å². The lowest BCUT2D eigenvalue weighted by atomic mass is 10.1. The molecular formula is C19H18F2N4O3. The van der Waals surface area contributed by atoms with Crippen molar-refractivity contribution in [1.29, 1.82) is 0 Å². The Hall–Kier alpha value is -3.33. The average Bonchev–Trinajstić information content (AvgIpc) is 2.69. The number of hydrogen-bond donors (Lipinski definition) is 2. The Labute approximate surface area is 158 Å². The number of methoxy groups -OCH3 is 1. The number of carbonyl (C=O) groups is 1. The molecule has 2 N–H and O–H groups in total. The molecule has 1 aromatic heterocycles. The van der Waals surface area contributed by atoms with Gasteiger partial charge in [-0.15, -0.1) is 0 Å².